The molecule has 1 fully saturated rings. The molecule has 0 radical (unpaired) electrons. The summed E-state index contributed by atoms with van der Waals surface area (Å²) in [4.78, 5) is 39.2. The highest BCUT2D eigenvalue weighted by Gasteiger charge is 2.36. The maximum absolute atomic E-state index is 12.5. The van der Waals surface area contributed by atoms with Crippen LogP contribution in [0, 0.1) is 13.8 Å². The van der Waals surface area contributed by atoms with Crippen molar-refractivity contribution in [3.63, 3.8) is 0 Å². The first-order valence-corrected chi connectivity index (χ1v) is 9.72. The third-order valence-electron chi connectivity index (χ3n) is 4.74. The molecule has 1 aliphatic rings. The van der Waals surface area contributed by atoms with E-state index in [1.807, 2.05) is 31.4 Å². The summed E-state index contributed by atoms with van der Waals surface area (Å²) in [5.74, 6) is -1.09. The summed E-state index contributed by atoms with van der Waals surface area (Å²) in [6.45, 7) is 4.03. The van der Waals surface area contributed by atoms with E-state index in [4.69, 9.17) is 4.74 Å². The molecule has 0 bridgehead atoms. The highest BCUT2D eigenvalue weighted by atomic mass is 32.1. The third-order valence-corrected chi connectivity index (χ3v) is 5.60. The molecule has 27 heavy (non-hydrogen) atoms. The van der Waals surface area contributed by atoms with Crippen LogP contribution in [0.15, 0.2) is 35.7 Å². The Labute approximate surface area is 162 Å². The third kappa shape index (κ3) is 4.36. The lowest BCUT2D eigenvalue weighted by Gasteiger charge is -2.22. The zero-order chi connectivity index (χ0) is 19.4. The van der Waals surface area contributed by atoms with Gasteiger partial charge in [0.2, 0.25) is 0 Å². The Morgan fingerprint density at radius 1 is 1.22 bits per heavy atom. The number of benzene rings is 1. The van der Waals surface area contributed by atoms with Gasteiger partial charge in [0.15, 0.2) is 6.61 Å². The zero-order valence-electron chi connectivity index (χ0n) is 15.4. The average Bonchev–Trinajstić information content (AvgIpc) is 3.34. The first kappa shape index (κ1) is 19.1. The highest BCUT2D eigenvalue weighted by molar-refractivity contribution is 7.12. The Kier molecular flexibility index (Phi) is 5.91. The minimum Gasteiger partial charge on any atom is -0.454 e. The van der Waals surface area contributed by atoms with E-state index in [0.717, 1.165) is 17.5 Å². The number of nitrogens with one attached hydrogen (secondary N) is 1. The fourth-order valence-corrected chi connectivity index (χ4v) is 3.78. The molecule has 1 N–H and O–H groups in total. The summed E-state index contributed by atoms with van der Waals surface area (Å²) in [6, 6.07) is 8.54. The molecule has 1 aromatic carbocycles. The average molecular weight is 386 g/mol. The smallest absolute Gasteiger partial charge is 0.329 e. The molecule has 0 saturated carbocycles. The molecule has 142 valence electrons. The second kappa shape index (κ2) is 8.35. The molecule has 7 heteroatoms. The fraction of sp³-hybridized carbons (Fsp3) is 0.350. The predicted molar refractivity (Wildman–Crippen MR) is 104 cm³/mol. The molecule has 0 aliphatic carbocycles. The van der Waals surface area contributed by atoms with E-state index in [2.05, 4.69) is 5.32 Å². The van der Waals surface area contributed by atoms with Crippen LogP contribution in [-0.2, 0) is 14.3 Å². The van der Waals surface area contributed by atoms with Crippen molar-refractivity contribution in [3.05, 3.63) is 51.7 Å². The van der Waals surface area contributed by atoms with Crippen LogP contribution in [0.25, 0.3) is 0 Å². The number of ether oxygens (including phenoxy) is 1. The molecule has 0 unspecified atom stereocenters. The number of aryl methyl sites for hydroxylation is 1. The van der Waals surface area contributed by atoms with Crippen LogP contribution < -0.4 is 5.32 Å². The van der Waals surface area contributed by atoms with E-state index in [0.29, 0.717) is 23.5 Å². The molecule has 1 aliphatic heterocycles. The SMILES string of the molecule is Cc1cccc(NC(=O)COC(=O)[C@@H]2CCCN2C(=O)c2cccs2)c1C. The summed E-state index contributed by atoms with van der Waals surface area (Å²) in [5, 5.41) is 4.59. The van der Waals surface area contributed by atoms with Gasteiger partial charge >= 0.3 is 5.97 Å². The monoisotopic (exact) mass is 386 g/mol. The molecule has 2 aromatic rings. The van der Waals surface area contributed by atoms with Gasteiger partial charge in [-0.3, -0.25) is 9.59 Å². The molecule has 1 atom stereocenters. The first-order valence-electron chi connectivity index (χ1n) is 8.84. The number of carbonyl (C=O) groups excluding carboxylic acids is 3. The standard InChI is InChI=1S/C20H22N2O4S/c1-13-6-3-7-15(14(13)2)21-18(23)12-26-20(25)16-8-4-10-22(16)19(24)17-9-5-11-27-17/h3,5-7,9,11,16H,4,8,10,12H2,1-2H3,(H,21,23)/t16-/m0/s1. The van der Waals surface area contributed by atoms with Crippen molar-refractivity contribution >= 4 is 34.8 Å². The Hall–Kier alpha value is -2.67. The lowest BCUT2D eigenvalue weighted by molar-refractivity contribution is -0.151. The van der Waals surface area contributed by atoms with Crippen LogP contribution in [0.3, 0.4) is 0 Å². The van der Waals surface area contributed by atoms with Crippen molar-refractivity contribution < 1.29 is 19.1 Å². The second-order valence-electron chi connectivity index (χ2n) is 6.54. The summed E-state index contributed by atoms with van der Waals surface area (Å²) in [7, 11) is 0. The van der Waals surface area contributed by atoms with E-state index in [1.54, 1.807) is 18.2 Å². The van der Waals surface area contributed by atoms with Gasteiger partial charge in [0.25, 0.3) is 11.8 Å². The van der Waals surface area contributed by atoms with E-state index < -0.39 is 17.9 Å². The number of hydrogen-bond donors (Lipinski definition) is 1. The maximum Gasteiger partial charge on any atom is 0.329 e. The van der Waals surface area contributed by atoms with Crippen LogP contribution in [0.4, 0.5) is 5.69 Å². The predicted octanol–water partition coefficient (Wildman–Crippen LogP) is 3.15. The molecule has 3 rings (SSSR count). The lowest BCUT2D eigenvalue weighted by atomic mass is 10.1. The fourth-order valence-electron chi connectivity index (χ4n) is 3.10. The van der Waals surface area contributed by atoms with Crippen molar-refractivity contribution in [2.45, 2.75) is 32.7 Å². The van der Waals surface area contributed by atoms with Gasteiger partial charge in [-0.2, -0.15) is 0 Å². The second-order valence-corrected chi connectivity index (χ2v) is 7.48. The molecular weight excluding hydrogens is 364 g/mol. The van der Waals surface area contributed by atoms with Crippen LogP contribution in [-0.4, -0.2) is 41.9 Å². The van der Waals surface area contributed by atoms with Gasteiger partial charge in [-0.05, 0) is 55.3 Å². The Morgan fingerprint density at radius 3 is 2.78 bits per heavy atom. The Balaban J connectivity index is 1.56. The number of anilines is 1. The summed E-state index contributed by atoms with van der Waals surface area (Å²) in [5.41, 5.74) is 2.74. The lowest BCUT2D eigenvalue weighted by Crippen LogP contribution is -2.41. The topological polar surface area (TPSA) is 75.7 Å². The zero-order valence-corrected chi connectivity index (χ0v) is 16.2. The number of amides is 2. The van der Waals surface area contributed by atoms with Gasteiger partial charge in [-0.15, -0.1) is 11.3 Å². The van der Waals surface area contributed by atoms with Gasteiger partial charge in [0.1, 0.15) is 6.04 Å². The van der Waals surface area contributed by atoms with Crippen LogP contribution in [0.2, 0.25) is 0 Å². The molecule has 6 nitrogen and oxygen atoms in total. The number of rotatable bonds is 5. The number of carbonyl (C=O) groups is 3. The molecule has 0 spiro atoms. The first-order chi connectivity index (χ1) is 13.0. The van der Waals surface area contributed by atoms with Crippen LogP contribution >= 0.6 is 11.3 Å². The van der Waals surface area contributed by atoms with Crippen molar-refractivity contribution in [2.75, 3.05) is 18.5 Å². The molecule has 1 aromatic heterocycles. The number of likely N-dealkylation sites (tertiary alicyclic amines) is 1. The number of esters is 1. The normalized spacial score (nSPS) is 16.2. The highest BCUT2D eigenvalue weighted by Crippen LogP contribution is 2.23. The minimum atomic E-state index is -0.631. The van der Waals surface area contributed by atoms with E-state index in [-0.39, 0.29) is 12.5 Å². The molecule has 1 saturated heterocycles. The van der Waals surface area contributed by atoms with Crippen molar-refractivity contribution in [2.24, 2.45) is 0 Å². The van der Waals surface area contributed by atoms with Gasteiger partial charge in [0.05, 0.1) is 4.88 Å². The number of hydrogen-bond acceptors (Lipinski definition) is 5. The van der Waals surface area contributed by atoms with E-state index >= 15 is 0 Å². The quantitative estimate of drug-likeness (QED) is 0.801. The van der Waals surface area contributed by atoms with E-state index in [1.165, 1.54) is 16.2 Å². The van der Waals surface area contributed by atoms with Crippen molar-refractivity contribution in [1.82, 2.24) is 4.90 Å². The Bertz CT molecular complexity index is 848. The van der Waals surface area contributed by atoms with Crippen molar-refractivity contribution in [3.8, 4) is 0 Å². The minimum absolute atomic E-state index is 0.163. The van der Waals surface area contributed by atoms with Gasteiger partial charge in [0, 0.05) is 12.2 Å². The summed E-state index contributed by atoms with van der Waals surface area (Å²) in [6.07, 6.45) is 1.29. The Morgan fingerprint density at radius 2 is 2.04 bits per heavy atom. The summed E-state index contributed by atoms with van der Waals surface area (Å²) < 4.78 is 5.19. The van der Waals surface area contributed by atoms with E-state index in [9.17, 15) is 14.4 Å². The molecular formula is C20H22N2O4S. The van der Waals surface area contributed by atoms with Gasteiger partial charge in [-0.25, -0.2) is 4.79 Å². The maximum atomic E-state index is 12.5. The van der Waals surface area contributed by atoms with Crippen molar-refractivity contribution in [1.29, 1.82) is 0 Å². The number of nitrogens with zero attached hydrogens (tertiary/aromatic N) is 1. The number of thiophene rings is 1. The summed E-state index contributed by atoms with van der Waals surface area (Å²) >= 11 is 1.35. The van der Waals surface area contributed by atoms with Gasteiger partial charge < -0.3 is 15.0 Å². The molecule has 2 heterocycles. The largest absolute Gasteiger partial charge is 0.454 e. The molecule has 2 amide bonds. The van der Waals surface area contributed by atoms with Crippen LogP contribution in [0.1, 0.15) is 33.6 Å². The van der Waals surface area contributed by atoms with Gasteiger partial charge in [-0.1, -0.05) is 18.2 Å². The van der Waals surface area contributed by atoms with Crippen LogP contribution in [0.5, 0.6) is 0 Å².